The number of Topliss-reactive ketones (excluding diaryl/α,β-unsaturated/α-hetero) is 1. The van der Waals surface area contributed by atoms with E-state index in [4.69, 9.17) is 14.2 Å². The summed E-state index contributed by atoms with van der Waals surface area (Å²) in [5, 5.41) is 10.3. The maximum Gasteiger partial charge on any atom is 0.336 e. The quantitative estimate of drug-likeness (QED) is 0.295. The number of ketones is 1. The van der Waals surface area contributed by atoms with Crippen molar-refractivity contribution in [2.45, 2.75) is 13.3 Å². The molecular formula is C26H20N2O6S. The average Bonchev–Trinajstić information content (AvgIpc) is 3.51. The number of hydrogen-bond acceptors (Lipinski definition) is 8. The van der Waals surface area contributed by atoms with Crippen LogP contribution < -0.4 is 14.2 Å². The Morgan fingerprint density at radius 2 is 1.74 bits per heavy atom. The van der Waals surface area contributed by atoms with Gasteiger partial charge in [-0.2, -0.15) is 8.75 Å². The summed E-state index contributed by atoms with van der Waals surface area (Å²) in [7, 11) is 1.59. The smallest absolute Gasteiger partial charge is 0.336 e. The van der Waals surface area contributed by atoms with Crippen LogP contribution in [0, 0.1) is 6.92 Å². The van der Waals surface area contributed by atoms with E-state index in [9.17, 15) is 14.7 Å². The Hall–Kier alpha value is -4.24. The van der Waals surface area contributed by atoms with Crippen LogP contribution in [0.3, 0.4) is 0 Å². The van der Waals surface area contributed by atoms with Crippen LogP contribution in [0.1, 0.15) is 27.0 Å². The van der Waals surface area contributed by atoms with Crippen LogP contribution in [0.5, 0.6) is 17.2 Å². The number of nitrogens with zero attached hydrogens (tertiary/aromatic N) is 2. The van der Waals surface area contributed by atoms with Crippen molar-refractivity contribution in [2.24, 2.45) is 0 Å². The molecule has 0 spiro atoms. The zero-order chi connectivity index (χ0) is 24.5. The summed E-state index contributed by atoms with van der Waals surface area (Å²) >= 11 is 1.04. The third-order valence-electron chi connectivity index (χ3n) is 5.81. The molecule has 0 bridgehead atoms. The Kier molecular flexibility index (Phi) is 5.92. The molecule has 0 saturated heterocycles. The molecule has 0 aliphatic carbocycles. The number of aromatic nitrogens is 2. The first-order chi connectivity index (χ1) is 16.9. The molecule has 9 heteroatoms. The van der Waals surface area contributed by atoms with Gasteiger partial charge < -0.3 is 19.3 Å². The van der Waals surface area contributed by atoms with E-state index in [-0.39, 0.29) is 24.4 Å². The number of fused-ring (bicyclic) bond motifs is 2. The van der Waals surface area contributed by atoms with E-state index in [1.165, 1.54) is 0 Å². The highest BCUT2D eigenvalue weighted by Crippen LogP contribution is 2.35. The number of carbonyl (C=O) groups excluding carboxylic acids is 1. The van der Waals surface area contributed by atoms with Gasteiger partial charge in [-0.05, 0) is 60.0 Å². The molecular weight excluding hydrogens is 468 g/mol. The van der Waals surface area contributed by atoms with Gasteiger partial charge in [0, 0.05) is 17.6 Å². The Morgan fingerprint density at radius 1 is 0.971 bits per heavy atom. The number of hydrogen-bond donors (Lipinski definition) is 1. The normalized spacial score (nSPS) is 13.0. The fraction of sp³-hybridized carbons (Fsp3) is 0.154. The molecule has 1 aromatic heterocycles. The molecule has 0 saturated carbocycles. The van der Waals surface area contributed by atoms with Crippen molar-refractivity contribution in [2.75, 3.05) is 13.9 Å². The van der Waals surface area contributed by atoms with Crippen LogP contribution in [0.4, 0.5) is 0 Å². The number of benzene rings is 3. The van der Waals surface area contributed by atoms with Gasteiger partial charge in [0.1, 0.15) is 16.8 Å². The third kappa shape index (κ3) is 4.33. The molecule has 4 aromatic rings. The SMILES string of the molecule is COc1ccc(C/C(C(=O)c2ccc3c(c2)OCO3)=C(\C(=O)O)c2ccc3nsnc3c2)cc1C. The number of carbonyl (C=O) groups is 2. The van der Waals surface area contributed by atoms with Crippen molar-refractivity contribution in [3.8, 4) is 17.2 Å². The first-order valence-corrected chi connectivity index (χ1v) is 11.4. The molecule has 8 nitrogen and oxygen atoms in total. The van der Waals surface area contributed by atoms with Crippen LogP contribution in [0.2, 0.25) is 0 Å². The minimum atomic E-state index is -1.21. The minimum absolute atomic E-state index is 0.0723. The molecule has 1 aliphatic heterocycles. The first-order valence-electron chi connectivity index (χ1n) is 10.7. The lowest BCUT2D eigenvalue weighted by atomic mass is 9.89. The lowest BCUT2D eigenvalue weighted by Crippen LogP contribution is -2.14. The zero-order valence-corrected chi connectivity index (χ0v) is 19.7. The molecule has 0 atom stereocenters. The highest BCUT2D eigenvalue weighted by molar-refractivity contribution is 7.00. The largest absolute Gasteiger partial charge is 0.496 e. The van der Waals surface area contributed by atoms with Crippen LogP contribution in [0.15, 0.2) is 60.2 Å². The Labute approximate surface area is 204 Å². The molecule has 35 heavy (non-hydrogen) atoms. The monoisotopic (exact) mass is 488 g/mol. The molecule has 2 heterocycles. The second-order valence-electron chi connectivity index (χ2n) is 8.00. The molecule has 0 fully saturated rings. The summed E-state index contributed by atoms with van der Waals surface area (Å²) in [5.41, 5.74) is 3.64. The van der Waals surface area contributed by atoms with Crippen LogP contribution in [-0.2, 0) is 11.2 Å². The van der Waals surface area contributed by atoms with Gasteiger partial charge in [-0.3, -0.25) is 4.79 Å². The standard InChI is InChI=1S/C26H20N2O6S/c1-14-9-15(3-7-21(14)32-2)10-18(25(29)17-5-8-22-23(12-17)34-13-33-22)24(26(30)31)16-4-6-19-20(11-16)28-35-27-19/h3-9,11-12H,10,13H2,1-2H3,(H,30,31)/b24-18+. The van der Waals surface area contributed by atoms with E-state index >= 15 is 0 Å². The van der Waals surface area contributed by atoms with Crippen molar-refractivity contribution < 1.29 is 28.9 Å². The summed E-state index contributed by atoms with van der Waals surface area (Å²) in [6.07, 6.45) is 0.104. The van der Waals surface area contributed by atoms with E-state index in [1.54, 1.807) is 49.6 Å². The lowest BCUT2D eigenvalue weighted by molar-refractivity contribution is -0.130. The summed E-state index contributed by atoms with van der Waals surface area (Å²) in [4.78, 5) is 26.4. The van der Waals surface area contributed by atoms with Gasteiger partial charge in [-0.1, -0.05) is 18.2 Å². The molecule has 3 aromatic carbocycles. The van der Waals surface area contributed by atoms with Crippen molar-refractivity contribution in [1.29, 1.82) is 0 Å². The number of carboxylic acid groups (broad SMARTS) is 1. The Morgan fingerprint density at radius 3 is 2.51 bits per heavy atom. The molecule has 0 amide bonds. The number of aliphatic carboxylic acids is 1. The van der Waals surface area contributed by atoms with Crippen molar-refractivity contribution >= 4 is 40.1 Å². The van der Waals surface area contributed by atoms with E-state index in [0.717, 1.165) is 22.9 Å². The van der Waals surface area contributed by atoms with Crippen molar-refractivity contribution in [3.63, 3.8) is 0 Å². The molecule has 1 aliphatic rings. The molecule has 5 rings (SSSR count). The van der Waals surface area contributed by atoms with E-state index < -0.39 is 11.8 Å². The predicted molar refractivity (Wildman–Crippen MR) is 130 cm³/mol. The second kappa shape index (κ2) is 9.19. The molecule has 0 unspecified atom stereocenters. The fourth-order valence-electron chi connectivity index (χ4n) is 4.11. The average molecular weight is 489 g/mol. The maximum absolute atomic E-state index is 13.8. The summed E-state index contributed by atoms with van der Waals surface area (Å²) in [6, 6.07) is 15.4. The van der Waals surface area contributed by atoms with Gasteiger partial charge in [-0.25, -0.2) is 4.79 Å². The second-order valence-corrected chi connectivity index (χ2v) is 8.53. The summed E-state index contributed by atoms with van der Waals surface area (Å²) < 4.78 is 24.5. The van der Waals surface area contributed by atoms with Gasteiger partial charge in [0.15, 0.2) is 17.3 Å². The number of ether oxygens (including phenoxy) is 3. The lowest BCUT2D eigenvalue weighted by Gasteiger charge is -2.14. The van der Waals surface area contributed by atoms with Gasteiger partial charge in [-0.15, -0.1) is 0 Å². The molecule has 176 valence electrons. The molecule has 1 N–H and O–H groups in total. The number of methoxy groups -OCH3 is 1. The van der Waals surface area contributed by atoms with Crippen molar-refractivity contribution in [1.82, 2.24) is 8.75 Å². The van der Waals surface area contributed by atoms with E-state index in [1.807, 2.05) is 19.1 Å². The topological polar surface area (TPSA) is 108 Å². The van der Waals surface area contributed by atoms with Crippen molar-refractivity contribution in [3.05, 3.63) is 82.4 Å². The summed E-state index contributed by atoms with van der Waals surface area (Å²) in [6.45, 7) is 1.97. The Bertz CT molecular complexity index is 1510. The van der Waals surface area contributed by atoms with E-state index in [2.05, 4.69) is 8.75 Å². The fourth-order valence-corrected chi connectivity index (χ4v) is 4.63. The van der Waals surface area contributed by atoms with Crippen LogP contribution >= 0.6 is 11.7 Å². The summed E-state index contributed by atoms with van der Waals surface area (Å²) in [5.74, 6) is 0.0778. The molecule has 0 radical (unpaired) electrons. The van der Waals surface area contributed by atoms with Crippen LogP contribution in [0.25, 0.3) is 16.6 Å². The first kappa shape index (κ1) is 22.5. The number of carboxylic acids is 1. The van der Waals surface area contributed by atoms with E-state index in [0.29, 0.717) is 39.4 Å². The maximum atomic E-state index is 13.8. The van der Waals surface area contributed by atoms with Gasteiger partial charge in [0.05, 0.1) is 24.4 Å². The third-order valence-corrected chi connectivity index (χ3v) is 6.36. The minimum Gasteiger partial charge on any atom is -0.496 e. The van der Waals surface area contributed by atoms with Crippen LogP contribution in [-0.4, -0.2) is 39.5 Å². The highest BCUT2D eigenvalue weighted by Gasteiger charge is 2.26. The number of rotatable bonds is 7. The number of allylic oxidation sites excluding steroid dienone is 1. The highest BCUT2D eigenvalue weighted by atomic mass is 32.1. The van der Waals surface area contributed by atoms with Gasteiger partial charge in [0.25, 0.3) is 0 Å². The van der Waals surface area contributed by atoms with Gasteiger partial charge in [0.2, 0.25) is 6.79 Å². The predicted octanol–water partition coefficient (Wildman–Crippen LogP) is 4.70. The zero-order valence-electron chi connectivity index (χ0n) is 18.9. The number of aryl methyl sites for hydroxylation is 1. The Balaban J connectivity index is 1.67. The van der Waals surface area contributed by atoms with Gasteiger partial charge >= 0.3 is 5.97 Å².